The van der Waals surface area contributed by atoms with Gasteiger partial charge in [0.1, 0.15) is 5.75 Å². The smallest absolute Gasteiger partial charge is 0.261 e. The van der Waals surface area contributed by atoms with Crippen molar-refractivity contribution in [2.45, 2.75) is 11.8 Å². The molecule has 0 fully saturated rings. The van der Waals surface area contributed by atoms with Crippen LogP contribution >= 0.6 is 11.6 Å². The van der Waals surface area contributed by atoms with E-state index in [1.165, 1.54) is 24.3 Å². The Balaban J connectivity index is 2.31. The van der Waals surface area contributed by atoms with Crippen LogP contribution in [0.2, 0.25) is 5.02 Å². The second kappa shape index (κ2) is 5.73. The number of halogens is 1. The number of rotatable bonds is 4. The summed E-state index contributed by atoms with van der Waals surface area (Å²) < 4.78 is 32.1. The molecule has 0 heterocycles. The Morgan fingerprint density at radius 3 is 2.30 bits per heavy atom. The van der Waals surface area contributed by atoms with E-state index in [1.54, 1.807) is 25.3 Å². The number of hydrogen-bond acceptors (Lipinski definition) is 3. The first-order valence-electron chi connectivity index (χ1n) is 5.85. The number of anilines is 1. The minimum absolute atomic E-state index is 0.164. The van der Waals surface area contributed by atoms with Gasteiger partial charge in [0.15, 0.2) is 0 Å². The second-order valence-corrected chi connectivity index (χ2v) is 6.36. The van der Waals surface area contributed by atoms with Gasteiger partial charge in [-0.1, -0.05) is 11.6 Å². The number of nitrogens with one attached hydrogen (secondary N) is 1. The average molecular weight is 312 g/mol. The number of sulfonamides is 1. The number of aryl methyl sites for hydroxylation is 1. The molecule has 2 aromatic rings. The molecule has 0 aliphatic carbocycles. The number of methoxy groups -OCH3 is 1. The first-order valence-corrected chi connectivity index (χ1v) is 7.71. The summed E-state index contributed by atoms with van der Waals surface area (Å²) in [6, 6.07) is 11.1. The second-order valence-electron chi connectivity index (χ2n) is 4.24. The van der Waals surface area contributed by atoms with E-state index >= 15 is 0 Å². The quantitative estimate of drug-likeness (QED) is 0.940. The molecule has 6 heteroatoms. The highest BCUT2D eigenvalue weighted by molar-refractivity contribution is 7.92. The normalized spacial score (nSPS) is 11.2. The van der Waals surface area contributed by atoms with Crippen LogP contribution in [0.5, 0.6) is 5.75 Å². The van der Waals surface area contributed by atoms with Crippen LogP contribution in [-0.4, -0.2) is 15.5 Å². The van der Waals surface area contributed by atoms with E-state index in [2.05, 4.69) is 4.72 Å². The average Bonchev–Trinajstić information content (AvgIpc) is 2.41. The Labute approximate surface area is 123 Å². The number of ether oxygens (including phenoxy) is 1. The molecular weight excluding hydrogens is 298 g/mol. The van der Waals surface area contributed by atoms with Crippen molar-refractivity contribution in [3.05, 3.63) is 53.1 Å². The van der Waals surface area contributed by atoms with E-state index in [9.17, 15) is 8.42 Å². The zero-order valence-corrected chi connectivity index (χ0v) is 12.6. The summed E-state index contributed by atoms with van der Waals surface area (Å²) in [4.78, 5) is 0.164. The topological polar surface area (TPSA) is 55.4 Å². The minimum Gasteiger partial charge on any atom is -0.497 e. The summed E-state index contributed by atoms with van der Waals surface area (Å²) in [7, 11) is -2.06. The molecule has 0 amide bonds. The minimum atomic E-state index is -3.62. The van der Waals surface area contributed by atoms with Gasteiger partial charge in [0.25, 0.3) is 10.0 Å². The third-order valence-electron chi connectivity index (χ3n) is 2.80. The van der Waals surface area contributed by atoms with Crippen molar-refractivity contribution in [3.8, 4) is 5.75 Å². The van der Waals surface area contributed by atoms with Crippen LogP contribution in [0.25, 0.3) is 0 Å². The van der Waals surface area contributed by atoms with E-state index in [-0.39, 0.29) is 4.90 Å². The summed E-state index contributed by atoms with van der Waals surface area (Å²) in [5, 5.41) is 0.490. The molecular formula is C14H14ClNO3S. The molecule has 0 saturated carbocycles. The van der Waals surface area contributed by atoms with E-state index in [0.717, 1.165) is 5.56 Å². The Hall–Kier alpha value is -1.72. The first kappa shape index (κ1) is 14.7. The molecule has 0 atom stereocenters. The van der Waals surface area contributed by atoms with Crippen molar-refractivity contribution in [3.63, 3.8) is 0 Å². The molecule has 0 saturated heterocycles. The Morgan fingerprint density at radius 2 is 1.75 bits per heavy atom. The molecule has 0 aliphatic rings. The van der Waals surface area contributed by atoms with Gasteiger partial charge in [-0.05, 0) is 55.0 Å². The van der Waals surface area contributed by atoms with Crippen LogP contribution in [0, 0.1) is 6.92 Å². The highest BCUT2D eigenvalue weighted by atomic mass is 35.5. The molecule has 4 nitrogen and oxygen atoms in total. The van der Waals surface area contributed by atoms with Gasteiger partial charge in [0.05, 0.1) is 17.7 Å². The van der Waals surface area contributed by atoms with Crippen molar-refractivity contribution in [1.29, 1.82) is 0 Å². The molecule has 2 aromatic carbocycles. The number of hydrogen-bond donors (Lipinski definition) is 1. The third kappa shape index (κ3) is 3.23. The highest BCUT2D eigenvalue weighted by Crippen LogP contribution is 2.24. The van der Waals surface area contributed by atoms with Crippen molar-refractivity contribution < 1.29 is 13.2 Å². The fourth-order valence-corrected chi connectivity index (χ4v) is 2.95. The Kier molecular flexibility index (Phi) is 4.20. The van der Waals surface area contributed by atoms with Crippen LogP contribution in [0.15, 0.2) is 47.4 Å². The van der Waals surface area contributed by atoms with Gasteiger partial charge >= 0.3 is 0 Å². The highest BCUT2D eigenvalue weighted by Gasteiger charge is 2.15. The molecule has 1 N–H and O–H groups in total. The first-order chi connectivity index (χ1) is 9.42. The maximum Gasteiger partial charge on any atom is 0.261 e. The van der Waals surface area contributed by atoms with Gasteiger partial charge in [0.2, 0.25) is 0 Å². The summed E-state index contributed by atoms with van der Waals surface area (Å²) in [5.74, 6) is 0.678. The van der Waals surface area contributed by atoms with Gasteiger partial charge in [-0.2, -0.15) is 0 Å². The monoisotopic (exact) mass is 311 g/mol. The predicted octanol–water partition coefficient (Wildman–Crippen LogP) is 3.46. The molecule has 0 unspecified atom stereocenters. The van der Waals surface area contributed by atoms with Crippen LogP contribution in [0.3, 0.4) is 0 Å². The third-order valence-corrected chi connectivity index (χ3v) is 4.44. The fraction of sp³-hybridized carbons (Fsp3) is 0.143. The van der Waals surface area contributed by atoms with E-state index in [4.69, 9.17) is 16.3 Å². The number of benzene rings is 2. The molecule has 0 bridgehead atoms. The lowest BCUT2D eigenvalue weighted by Gasteiger charge is -2.11. The molecule has 0 radical (unpaired) electrons. The van der Waals surface area contributed by atoms with E-state index in [1.807, 2.05) is 6.92 Å². The Morgan fingerprint density at radius 1 is 1.10 bits per heavy atom. The molecule has 0 spiro atoms. The van der Waals surface area contributed by atoms with Crippen molar-refractivity contribution in [2.24, 2.45) is 0 Å². The van der Waals surface area contributed by atoms with Gasteiger partial charge in [-0.25, -0.2) is 8.42 Å². The van der Waals surface area contributed by atoms with Crippen molar-refractivity contribution in [2.75, 3.05) is 11.8 Å². The maximum atomic E-state index is 12.2. The van der Waals surface area contributed by atoms with Crippen molar-refractivity contribution >= 4 is 27.3 Å². The maximum absolute atomic E-state index is 12.2. The summed E-state index contributed by atoms with van der Waals surface area (Å²) in [6.07, 6.45) is 0. The molecule has 20 heavy (non-hydrogen) atoms. The zero-order valence-electron chi connectivity index (χ0n) is 11.1. The predicted molar refractivity (Wildman–Crippen MR) is 80.0 cm³/mol. The molecule has 106 valence electrons. The lowest BCUT2D eigenvalue weighted by molar-refractivity contribution is 0.414. The van der Waals surface area contributed by atoms with E-state index in [0.29, 0.717) is 16.5 Å². The van der Waals surface area contributed by atoms with E-state index < -0.39 is 10.0 Å². The summed E-state index contributed by atoms with van der Waals surface area (Å²) >= 11 is 5.75. The lowest BCUT2D eigenvalue weighted by atomic mass is 10.2. The molecule has 0 aliphatic heterocycles. The molecule has 0 aromatic heterocycles. The zero-order chi connectivity index (χ0) is 14.8. The molecule has 2 rings (SSSR count). The summed E-state index contributed by atoms with van der Waals surface area (Å²) in [6.45, 7) is 1.81. The van der Waals surface area contributed by atoms with Gasteiger partial charge in [-0.15, -0.1) is 0 Å². The standard InChI is InChI=1S/C14H14ClNO3S/c1-10-9-12(19-2)5-8-14(10)16-20(17,18)13-6-3-11(15)4-7-13/h3-9,16H,1-2H3. The van der Waals surface area contributed by atoms with Crippen LogP contribution < -0.4 is 9.46 Å². The Bertz CT molecular complexity index is 712. The van der Waals surface area contributed by atoms with Gasteiger partial charge in [-0.3, -0.25) is 4.72 Å². The van der Waals surface area contributed by atoms with Crippen LogP contribution in [0.4, 0.5) is 5.69 Å². The van der Waals surface area contributed by atoms with Crippen molar-refractivity contribution in [1.82, 2.24) is 0 Å². The summed E-state index contributed by atoms with van der Waals surface area (Å²) in [5.41, 5.74) is 1.29. The fourth-order valence-electron chi connectivity index (χ4n) is 1.70. The van der Waals surface area contributed by atoms with Gasteiger partial charge in [0, 0.05) is 5.02 Å². The SMILES string of the molecule is COc1ccc(NS(=O)(=O)c2ccc(Cl)cc2)c(C)c1. The van der Waals surface area contributed by atoms with Crippen LogP contribution in [-0.2, 0) is 10.0 Å². The van der Waals surface area contributed by atoms with Crippen LogP contribution in [0.1, 0.15) is 5.56 Å². The lowest BCUT2D eigenvalue weighted by Crippen LogP contribution is -2.13. The van der Waals surface area contributed by atoms with Gasteiger partial charge < -0.3 is 4.74 Å². The largest absolute Gasteiger partial charge is 0.497 e.